The maximum absolute atomic E-state index is 13.6. The van der Waals surface area contributed by atoms with Crippen molar-refractivity contribution in [1.82, 2.24) is 9.97 Å². The van der Waals surface area contributed by atoms with Gasteiger partial charge in [-0.3, -0.25) is 9.78 Å². The third-order valence-corrected chi connectivity index (χ3v) is 3.55. The molecule has 0 saturated carbocycles. The molecule has 0 amide bonds. The fraction of sp³-hybridized carbons (Fsp3) is 0.111. The van der Waals surface area contributed by atoms with Crippen LogP contribution in [0.4, 0.5) is 14.7 Å². The summed E-state index contributed by atoms with van der Waals surface area (Å²) in [4.78, 5) is 18.7. The van der Waals surface area contributed by atoms with Crippen molar-refractivity contribution in [2.75, 3.05) is 5.32 Å². The van der Waals surface area contributed by atoms with Crippen molar-refractivity contribution in [3.8, 4) is 11.3 Å². The quantitative estimate of drug-likeness (QED) is 0.769. The maximum atomic E-state index is 13.6. The molecule has 6 heteroatoms. The molecule has 0 bridgehead atoms. The van der Waals surface area contributed by atoms with Crippen molar-refractivity contribution in [3.63, 3.8) is 0 Å². The first-order valence-corrected chi connectivity index (χ1v) is 7.37. The van der Waals surface area contributed by atoms with Crippen molar-refractivity contribution in [2.24, 2.45) is 0 Å². The molecule has 1 aromatic heterocycles. The molecule has 24 heavy (non-hydrogen) atoms. The van der Waals surface area contributed by atoms with Crippen LogP contribution in [-0.4, -0.2) is 9.97 Å². The second kappa shape index (κ2) is 6.62. The Morgan fingerprint density at radius 2 is 1.83 bits per heavy atom. The summed E-state index contributed by atoms with van der Waals surface area (Å²) in [6, 6.07) is 12.3. The highest BCUT2D eigenvalue weighted by molar-refractivity contribution is 5.60. The molecular weight excluding hydrogens is 312 g/mol. The lowest BCUT2D eigenvalue weighted by atomic mass is 10.1. The van der Waals surface area contributed by atoms with Gasteiger partial charge in [0.25, 0.3) is 5.56 Å². The fourth-order valence-corrected chi connectivity index (χ4v) is 2.26. The summed E-state index contributed by atoms with van der Waals surface area (Å²) in [5.74, 6) is -1.06. The molecule has 3 aromatic rings. The monoisotopic (exact) mass is 327 g/mol. The van der Waals surface area contributed by atoms with Crippen LogP contribution in [0.2, 0.25) is 0 Å². The van der Waals surface area contributed by atoms with Gasteiger partial charge in [-0.05, 0) is 13.0 Å². The Balaban J connectivity index is 1.83. The summed E-state index contributed by atoms with van der Waals surface area (Å²) in [6.07, 6.45) is 0. The zero-order chi connectivity index (χ0) is 17.1. The molecule has 0 saturated heterocycles. The largest absolute Gasteiger partial charge is 0.352 e. The van der Waals surface area contributed by atoms with Crippen LogP contribution >= 0.6 is 0 Å². The van der Waals surface area contributed by atoms with Crippen LogP contribution in [0, 0.1) is 18.6 Å². The van der Waals surface area contributed by atoms with Crippen LogP contribution in [0.5, 0.6) is 0 Å². The van der Waals surface area contributed by atoms with Gasteiger partial charge in [-0.1, -0.05) is 35.9 Å². The molecule has 0 atom stereocenters. The Hall–Kier alpha value is -3.02. The number of rotatable bonds is 4. The van der Waals surface area contributed by atoms with E-state index < -0.39 is 11.6 Å². The number of aromatic amines is 1. The highest BCUT2D eigenvalue weighted by Crippen LogP contribution is 2.17. The minimum Gasteiger partial charge on any atom is -0.352 e. The van der Waals surface area contributed by atoms with Crippen LogP contribution in [0.25, 0.3) is 11.3 Å². The molecule has 0 spiro atoms. The van der Waals surface area contributed by atoms with Crippen molar-refractivity contribution in [1.29, 1.82) is 0 Å². The maximum Gasteiger partial charge on any atom is 0.252 e. The van der Waals surface area contributed by atoms with Gasteiger partial charge in [0.15, 0.2) is 0 Å². The van der Waals surface area contributed by atoms with E-state index >= 15 is 0 Å². The summed E-state index contributed by atoms with van der Waals surface area (Å²) in [5, 5.41) is 2.85. The molecule has 0 fully saturated rings. The number of anilines is 1. The molecule has 2 aromatic carbocycles. The zero-order valence-electron chi connectivity index (χ0n) is 12.9. The molecule has 0 aliphatic heterocycles. The third kappa shape index (κ3) is 3.65. The van der Waals surface area contributed by atoms with Gasteiger partial charge in [0.05, 0.1) is 5.69 Å². The van der Waals surface area contributed by atoms with Gasteiger partial charge in [-0.2, -0.15) is 0 Å². The number of halogens is 2. The Kier molecular flexibility index (Phi) is 4.37. The van der Waals surface area contributed by atoms with E-state index in [1.54, 1.807) is 0 Å². The summed E-state index contributed by atoms with van der Waals surface area (Å²) in [7, 11) is 0. The fourth-order valence-electron chi connectivity index (χ4n) is 2.26. The summed E-state index contributed by atoms with van der Waals surface area (Å²) < 4.78 is 26.6. The molecule has 2 N–H and O–H groups in total. The van der Waals surface area contributed by atoms with E-state index in [2.05, 4.69) is 15.3 Å². The number of aromatic nitrogens is 2. The van der Waals surface area contributed by atoms with Crippen LogP contribution in [-0.2, 0) is 6.54 Å². The number of hydrogen-bond acceptors (Lipinski definition) is 3. The lowest BCUT2D eigenvalue weighted by Gasteiger charge is -2.08. The molecule has 0 aliphatic carbocycles. The van der Waals surface area contributed by atoms with E-state index in [-0.39, 0.29) is 23.6 Å². The normalized spacial score (nSPS) is 10.6. The average Bonchev–Trinajstić information content (AvgIpc) is 2.54. The van der Waals surface area contributed by atoms with Gasteiger partial charge in [0, 0.05) is 29.8 Å². The van der Waals surface area contributed by atoms with E-state index in [0.717, 1.165) is 17.2 Å². The summed E-state index contributed by atoms with van der Waals surface area (Å²) in [5.41, 5.74) is 2.39. The minimum absolute atomic E-state index is 0.0758. The molecule has 4 nitrogen and oxygen atoms in total. The van der Waals surface area contributed by atoms with Crippen LogP contribution in [0.1, 0.15) is 11.1 Å². The Labute approximate surface area is 137 Å². The zero-order valence-corrected chi connectivity index (χ0v) is 12.9. The number of aryl methyl sites for hydroxylation is 1. The van der Waals surface area contributed by atoms with Gasteiger partial charge in [0.1, 0.15) is 11.6 Å². The van der Waals surface area contributed by atoms with Crippen LogP contribution in [0.3, 0.4) is 0 Å². The SMILES string of the molecule is Cc1ccc(-c2cc(=O)[nH]c(NCc3ccc(F)cc3F)n2)cc1. The Morgan fingerprint density at radius 1 is 1.08 bits per heavy atom. The van der Waals surface area contributed by atoms with Crippen LogP contribution in [0.15, 0.2) is 53.3 Å². The number of H-pyrrole nitrogens is 1. The highest BCUT2D eigenvalue weighted by Gasteiger charge is 2.07. The molecule has 3 rings (SSSR count). The first-order valence-electron chi connectivity index (χ1n) is 7.37. The Bertz CT molecular complexity index is 920. The lowest BCUT2D eigenvalue weighted by Crippen LogP contribution is -2.13. The number of hydrogen-bond donors (Lipinski definition) is 2. The van der Waals surface area contributed by atoms with Crippen molar-refractivity contribution < 1.29 is 8.78 Å². The average molecular weight is 327 g/mol. The van der Waals surface area contributed by atoms with Crippen LogP contribution < -0.4 is 10.9 Å². The number of nitrogens with one attached hydrogen (secondary N) is 2. The van der Waals surface area contributed by atoms with E-state index in [1.807, 2.05) is 31.2 Å². The van der Waals surface area contributed by atoms with Gasteiger partial charge in [-0.25, -0.2) is 13.8 Å². The van der Waals surface area contributed by atoms with Gasteiger partial charge < -0.3 is 5.32 Å². The number of nitrogens with zero attached hydrogens (tertiary/aromatic N) is 1. The molecule has 0 unspecified atom stereocenters. The molecular formula is C18H15F2N3O. The van der Waals surface area contributed by atoms with E-state index in [9.17, 15) is 13.6 Å². The first kappa shape index (κ1) is 15.9. The van der Waals surface area contributed by atoms with Crippen molar-refractivity contribution in [2.45, 2.75) is 13.5 Å². The highest BCUT2D eigenvalue weighted by atomic mass is 19.1. The van der Waals surface area contributed by atoms with Crippen molar-refractivity contribution >= 4 is 5.95 Å². The minimum atomic E-state index is -0.653. The molecule has 1 heterocycles. The molecule has 122 valence electrons. The number of benzene rings is 2. The van der Waals surface area contributed by atoms with Gasteiger partial charge in [0.2, 0.25) is 5.95 Å². The standard InChI is InChI=1S/C18H15F2N3O/c1-11-2-4-12(5-3-11)16-9-17(24)23-18(22-16)21-10-13-6-7-14(19)8-15(13)20/h2-9H,10H2,1H3,(H2,21,22,23,24). The van der Waals surface area contributed by atoms with E-state index in [0.29, 0.717) is 5.69 Å². The first-order chi connectivity index (χ1) is 11.5. The lowest BCUT2D eigenvalue weighted by molar-refractivity contribution is 0.574. The smallest absolute Gasteiger partial charge is 0.252 e. The summed E-state index contributed by atoms with van der Waals surface area (Å²) >= 11 is 0. The third-order valence-electron chi connectivity index (χ3n) is 3.55. The topological polar surface area (TPSA) is 57.8 Å². The van der Waals surface area contributed by atoms with E-state index in [1.165, 1.54) is 18.2 Å². The second-order valence-corrected chi connectivity index (χ2v) is 5.43. The second-order valence-electron chi connectivity index (χ2n) is 5.43. The predicted molar refractivity (Wildman–Crippen MR) is 88.7 cm³/mol. The Morgan fingerprint density at radius 3 is 2.54 bits per heavy atom. The van der Waals surface area contributed by atoms with Gasteiger partial charge >= 0.3 is 0 Å². The molecule has 0 radical (unpaired) electrons. The summed E-state index contributed by atoms with van der Waals surface area (Å²) in [6.45, 7) is 2.05. The molecule has 0 aliphatic rings. The van der Waals surface area contributed by atoms with Gasteiger partial charge in [-0.15, -0.1) is 0 Å². The van der Waals surface area contributed by atoms with E-state index in [4.69, 9.17) is 0 Å². The van der Waals surface area contributed by atoms with Crippen molar-refractivity contribution in [3.05, 3.63) is 81.6 Å². The predicted octanol–water partition coefficient (Wildman–Crippen LogP) is 3.64.